The fourth-order valence-electron chi connectivity index (χ4n) is 1.68. The Hall–Kier alpha value is -1.73. The van der Waals surface area contributed by atoms with Gasteiger partial charge in [-0.2, -0.15) is 5.26 Å². The lowest BCUT2D eigenvalue weighted by Gasteiger charge is -2.16. The number of rotatable bonds is 7. The number of benzene rings is 1. The van der Waals surface area contributed by atoms with Gasteiger partial charge in [0.05, 0.1) is 31.8 Å². The molecule has 0 spiro atoms. The molecule has 0 bridgehead atoms. The molecule has 1 N–H and O–H groups in total. The number of hydrogen-bond donors (Lipinski definition) is 1. The van der Waals surface area contributed by atoms with Crippen molar-refractivity contribution in [3.05, 3.63) is 23.8 Å². The highest BCUT2D eigenvalue weighted by Crippen LogP contribution is 2.26. The summed E-state index contributed by atoms with van der Waals surface area (Å²) in [7, 11) is 1.59. The first-order chi connectivity index (χ1) is 9.02. The van der Waals surface area contributed by atoms with Crippen LogP contribution in [0.25, 0.3) is 0 Å². The second-order valence-corrected chi connectivity index (χ2v) is 5.08. The molecule has 1 aromatic carbocycles. The first-order valence-electron chi connectivity index (χ1n) is 6.34. The Morgan fingerprint density at radius 2 is 2.11 bits per heavy atom. The van der Waals surface area contributed by atoms with Crippen LogP contribution >= 0.6 is 0 Å². The van der Waals surface area contributed by atoms with E-state index in [-0.39, 0.29) is 12.0 Å². The largest absolute Gasteiger partial charge is 0.497 e. The maximum atomic E-state index is 9.24. The van der Waals surface area contributed by atoms with Crippen LogP contribution in [0.15, 0.2) is 18.2 Å². The molecular weight excluding hydrogens is 242 g/mol. The molecule has 1 aromatic rings. The van der Waals surface area contributed by atoms with Gasteiger partial charge in [0.15, 0.2) is 0 Å². The summed E-state index contributed by atoms with van der Waals surface area (Å²) in [6.45, 7) is 4.28. The maximum absolute atomic E-state index is 9.24. The number of aliphatic hydroxyl groups is 1. The van der Waals surface area contributed by atoms with Crippen LogP contribution < -0.4 is 9.47 Å². The van der Waals surface area contributed by atoms with Gasteiger partial charge in [-0.3, -0.25) is 0 Å². The van der Waals surface area contributed by atoms with E-state index in [1.54, 1.807) is 25.3 Å². The van der Waals surface area contributed by atoms with Crippen LogP contribution in [0.1, 0.15) is 32.3 Å². The average molecular weight is 263 g/mol. The molecule has 0 saturated carbocycles. The normalized spacial score (nSPS) is 10.9. The first kappa shape index (κ1) is 15.3. The number of ether oxygens (including phenoxy) is 2. The number of nitrogens with zero attached hydrogens (tertiary/aromatic N) is 1. The fraction of sp³-hybridized carbons (Fsp3) is 0.533. The summed E-state index contributed by atoms with van der Waals surface area (Å²) >= 11 is 0. The molecule has 0 fully saturated rings. The molecule has 0 aliphatic carbocycles. The Morgan fingerprint density at radius 3 is 2.68 bits per heavy atom. The van der Waals surface area contributed by atoms with E-state index in [1.165, 1.54) is 0 Å². The quantitative estimate of drug-likeness (QED) is 0.768. The fourth-order valence-corrected chi connectivity index (χ4v) is 1.68. The lowest BCUT2D eigenvalue weighted by Crippen LogP contribution is -2.10. The van der Waals surface area contributed by atoms with Crippen molar-refractivity contribution in [2.45, 2.75) is 33.3 Å². The Labute approximate surface area is 114 Å². The summed E-state index contributed by atoms with van der Waals surface area (Å²) in [5, 5.41) is 18.2. The molecule has 0 heterocycles. The summed E-state index contributed by atoms with van der Waals surface area (Å²) < 4.78 is 10.8. The number of nitriles is 1. The lowest BCUT2D eigenvalue weighted by atomic mass is 9.90. The van der Waals surface area contributed by atoms with Gasteiger partial charge in [-0.05, 0) is 38.8 Å². The topological polar surface area (TPSA) is 62.5 Å². The number of methoxy groups -OCH3 is 1. The third-order valence-electron chi connectivity index (χ3n) is 2.95. The molecular formula is C15H21NO3. The van der Waals surface area contributed by atoms with Crippen molar-refractivity contribution >= 4 is 0 Å². The van der Waals surface area contributed by atoms with E-state index in [4.69, 9.17) is 14.7 Å². The van der Waals surface area contributed by atoms with Gasteiger partial charge in [0.2, 0.25) is 0 Å². The van der Waals surface area contributed by atoms with Gasteiger partial charge in [-0.25, -0.2) is 0 Å². The van der Waals surface area contributed by atoms with Gasteiger partial charge in [0.25, 0.3) is 0 Å². The minimum absolute atomic E-state index is 0.0665. The molecule has 0 atom stereocenters. The Morgan fingerprint density at radius 1 is 1.37 bits per heavy atom. The monoisotopic (exact) mass is 263 g/mol. The second kappa shape index (κ2) is 7.01. The van der Waals surface area contributed by atoms with Crippen LogP contribution in [0.3, 0.4) is 0 Å². The standard InChI is InChI=1S/C15H21NO3/c1-15(2,11-16)7-4-8-19-14-9-13(18-3)6-5-12(14)10-17/h5-6,9,17H,4,7-8,10H2,1-3H3. The van der Waals surface area contributed by atoms with Crippen LogP contribution in [-0.4, -0.2) is 18.8 Å². The van der Waals surface area contributed by atoms with Crippen LogP contribution in [0, 0.1) is 16.7 Å². The van der Waals surface area contributed by atoms with Crippen LogP contribution in [0.4, 0.5) is 0 Å². The SMILES string of the molecule is COc1ccc(CO)c(OCCCC(C)(C)C#N)c1. The zero-order valence-corrected chi connectivity index (χ0v) is 11.8. The third-order valence-corrected chi connectivity index (χ3v) is 2.95. The molecule has 0 aliphatic heterocycles. The molecule has 4 heteroatoms. The van der Waals surface area contributed by atoms with Gasteiger partial charge >= 0.3 is 0 Å². The summed E-state index contributed by atoms with van der Waals surface area (Å²) in [6, 6.07) is 7.60. The molecule has 0 aliphatic rings. The average Bonchev–Trinajstić information content (AvgIpc) is 2.43. The Bertz CT molecular complexity index is 449. The van der Waals surface area contributed by atoms with Gasteiger partial charge in [-0.1, -0.05) is 0 Å². The Kier molecular flexibility index (Phi) is 5.65. The van der Waals surface area contributed by atoms with Gasteiger partial charge in [0.1, 0.15) is 11.5 Å². The molecule has 104 valence electrons. The minimum Gasteiger partial charge on any atom is -0.497 e. The zero-order chi connectivity index (χ0) is 14.3. The number of aliphatic hydroxyl groups excluding tert-OH is 1. The molecule has 1 rings (SSSR count). The van der Waals surface area contributed by atoms with Crippen molar-refractivity contribution in [3.8, 4) is 17.6 Å². The summed E-state index contributed by atoms with van der Waals surface area (Å²) in [5.74, 6) is 1.33. The van der Waals surface area contributed by atoms with Crippen LogP contribution in [0.5, 0.6) is 11.5 Å². The summed E-state index contributed by atoms with van der Waals surface area (Å²) in [5.41, 5.74) is 0.415. The van der Waals surface area contributed by atoms with E-state index in [9.17, 15) is 5.11 Å². The smallest absolute Gasteiger partial charge is 0.128 e. The molecule has 0 unspecified atom stereocenters. The molecule has 0 radical (unpaired) electrons. The molecule has 0 aromatic heterocycles. The van der Waals surface area contributed by atoms with Crippen LogP contribution in [0.2, 0.25) is 0 Å². The minimum atomic E-state index is -0.322. The highest BCUT2D eigenvalue weighted by Gasteiger charge is 2.15. The van der Waals surface area contributed by atoms with Crippen molar-refractivity contribution in [2.75, 3.05) is 13.7 Å². The zero-order valence-electron chi connectivity index (χ0n) is 11.8. The van der Waals surface area contributed by atoms with Gasteiger partial charge in [0, 0.05) is 11.6 Å². The third kappa shape index (κ3) is 4.80. The molecule has 0 amide bonds. The van der Waals surface area contributed by atoms with Gasteiger partial charge in [-0.15, -0.1) is 0 Å². The van der Waals surface area contributed by atoms with E-state index in [1.807, 2.05) is 13.8 Å². The predicted molar refractivity (Wildman–Crippen MR) is 73.0 cm³/mol. The van der Waals surface area contributed by atoms with Crippen molar-refractivity contribution in [3.63, 3.8) is 0 Å². The summed E-state index contributed by atoms with van der Waals surface area (Å²) in [4.78, 5) is 0. The van der Waals surface area contributed by atoms with E-state index < -0.39 is 0 Å². The van der Waals surface area contributed by atoms with E-state index in [0.717, 1.165) is 18.4 Å². The molecule has 19 heavy (non-hydrogen) atoms. The van der Waals surface area contributed by atoms with E-state index >= 15 is 0 Å². The Balaban J connectivity index is 2.55. The predicted octanol–water partition coefficient (Wildman–Crippen LogP) is 2.90. The highest BCUT2D eigenvalue weighted by molar-refractivity contribution is 5.40. The second-order valence-electron chi connectivity index (χ2n) is 5.08. The van der Waals surface area contributed by atoms with E-state index in [2.05, 4.69) is 6.07 Å². The van der Waals surface area contributed by atoms with Crippen molar-refractivity contribution in [1.29, 1.82) is 5.26 Å². The summed E-state index contributed by atoms with van der Waals surface area (Å²) in [6.07, 6.45) is 1.57. The van der Waals surface area contributed by atoms with Crippen LogP contribution in [-0.2, 0) is 6.61 Å². The molecule has 4 nitrogen and oxygen atoms in total. The maximum Gasteiger partial charge on any atom is 0.128 e. The first-order valence-corrected chi connectivity index (χ1v) is 6.34. The molecule has 0 saturated heterocycles. The lowest BCUT2D eigenvalue weighted by molar-refractivity contribution is 0.253. The number of hydrogen-bond acceptors (Lipinski definition) is 4. The van der Waals surface area contributed by atoms with Crippen molar-refractivity contribution in [2.24, 2.45) is 5.41 Å². The van der Waals surface area contributed by atoms with Gasteiger partial charge < -0.3 is 14.6 Å². The van der Waals surface area contributed by atoms with Crippen molar-refractivity contribution < 1.29 is 14.6 Å². The highest BCUT2D eigenvalue weighted by atomic mass is 16.5. The van der Waals surface area contributed by atoms with Crippen molar-refractivity contribution in [1.82, 2.24) is 0 Å². The van der Waals surface area contributed by atoms with E-state index in [0.29, 0.717) is 18.1 Å².